The fourth-order valence-electron chi connectivity index (χ4n) is 5.51. The van der Waals surface area contributed by atoms with Crippen molar-refractivity contribution in [2.75, 3.05) is 31.6 Å². The zero-order valence-corrected chi connectivity index (χ0v) is 20.3. The number of anilines is 1. The molecule has 11 heteroatoms. The normalized spacial score (nSPS) is 21.6. The highest BCUT2D eigenvalue weighted by molar-refractivity contribution is 5.82. The van der Waals surface area contributed by atoms with Crippen molar-refractivity contribution in [1.29, 1.82) is 0 Å². The van der Waals surface area contributed by atoms with Crippen LogP contribution in [0.3, 0.4) is 0 Å². The van der Waals surface area contributed by atoms with Crippen molar-refractivity contribution < 1.29 is 13.5 Å². The molecule has 0 atom stereocenters. The lowest BCUT2D eigenvalue weighted by molar-refractivity contribution is 0.00790. The predicted molar refractivity (Wildman–Crippen MR) is 132 cm³/mol. The van der Waals surface area contributed by atoms with Crippen LogP contribution >= 0.6 is 0 Å². The van der Waals surface area contributed by atoms with E-state index in [9.17, 15) is 8.78 Å². The molecule has 190 valence electrons. The third kappa shape index (κ3) is 4.53. The largest absolute Gasteiger partial charge is 0.379 e. The van der Waals surface area contributed by atoms with Gasteiger partial charge in [-0.15, -0.1) is 5.10 Å². The fraction of sp³-hybridized carbons (Fsp3) is 0.520. The number of aryl methyl sites for hydroxylation is 1. The highest BCUT2D eigenvalue weighted by atomic mass is 19.3. The topological polar surface area (TPSA) is 85.4 Å². The Morgan fingerprint density at radius 1 is 1.08 bits per heavy atom. The van der Waals surface area contributed by atoms with Crippen molar-refractivity contribution in [2.24, 2.45) is 0 Å². The highest BCUT2D eigenvalue weighted by Gasteiger charge is 2.27. The molecule has 4 aromatic rings. The smallest absolute Gasteiger partial charge is 0.256 e. The fourth-order valence-corrected chi connectivity index (χ4v) is 5.51. The molecular weight excluding hydrogens is 466 g/mol. The first-order valence-corrected chi connectivity index (χ1v) is 12.6. The summed E-state index contributed by atoms with van der Waals surface area (Å²) in [6, 6.07) is 6.61. The van der Waals surface area contributed by atoms with Crippen LogP contribution in [0.1, 0.15) is 31.5 Å². The van der Waals surface area contributed by atoms with Crippen molar-refractivity contribution >= 4 is 22.6 Å². The first-order chi connectivity index (χ1) is 17.5. The molecule has 2 fully saturated rings. The second kappa shape index (κ2) is 9.70. The van der Waals surface area contributed by atoms with E-state index in [4.69, 9.17) is 4.74 Å². The van der Waals surface area contributed by atoms with Crippen molar-refractivity contribution in [2.45, 2.75) is 57.7 Å². The van der Waals surface area contributed by atoms with Crippen molar-refractivity contribution in [3.05, 3.63) is 36.4 Å². The monoisotopic (exact) mass is 496 g/mol. The zero-order valence-electron chi connectivity index (χ0n) is 20.3. The quantitative estimate of drug-likeness (QED) is 0.435. The van der Waals surface area contributed by atoms with Gasteiger partial charge < -0.3 is 14.6 Å². The summed E-state index contributed by atoms with van der Waals surface area (Å²) in [5, 5.41) is 8.18. The Labute approximate surface area is 207 Å². The van der Waals surface area contributed by atoms with Crippen LogP contribution in [0.2, 0.25) is 0 Å². The Morgan fingerprint density at radius 3 is 2.67 bits per heavy atom. The second-order valence-corrected chi connectivity index (χ2v) is 9.64. The number of imidazole rings is 1. The van der Waals surface area contributed by atoms with Gasteiger partial charge in [-0.3, -0.25) is 4.90 Å². The molecule has 36 heavy (non-hydrogen) atoms. The molecule has 5 heterocycles. The van der Waals surface area contributed by atoms with Crippen LogP contribution in [0.25, 0.3) is 27.9 Å². The summed E-state index contributed by atoms with van der Waals surface area (Å²) in [7, 11) is 0. The molecule has 0 unspecified atom stereocenters. The van der Waals surface area contributed by atoms with Gasteiger partial charge in [0.1, 0.15) is 11.3 Å². The minimum atomic E-state index is -2.48. The Morgan fingerprint density at radius 2 is 1.89 bits per heavy atom. The number of halogens is 2. The van der Waals surface area contributed by atoms with Crippen molar-refractivity contribution in [3.8, 4) is 11.3 Å². The number of hydrogen-bond acceptors (Lipinski definition) is 7. The molecule has 1 saturated heterocycles. The van der Waals surface area contributed by atoms with E-state index in [-0.39, 0.29) is 0 Å². The summed E-state index contributed by atoms with van der Waals surface area (Å²) in [6.07, 6.45) is 5.71. The van der Waals surface area contributed by atoms with Crippen LogP contribution in [0.4, 0.5) is 14.7 Å². The van der Waals surface area contributed by atoms with E-state index in [1.807, 2.05) is 24.4 Å². The molecule has 6 rings (SSSR count). The number of rotatable bonds is 6. The third-order valence-electron chi connectivity index (χ3n) is 7.39. The summed E-state index contributed by atoms with van der Waals surface area (Å²) in [5.74, 6) is 1.13. The molecule has 0 bridgehead atoms. The van der Waals surface area contributed by atoms with Gasteiger partial charge in [-0.1, -0.05) is 0 Å². The number of morpholine rings is 1. The Hall–Kier alpha value is -3.18. The molecule has 1 aliphatic heterocycles. The van der Waals surface area contributed by atoms with E-state index < -0.39 is 13.0 Å². The summed E-state index contributed by atoms with van der Waals surface area (Å²) < 4.78 is 34.9. The van der Waals surface area contributed by atoms with Crippen LogP contribution < -0.4 is 5.32 Å². The summed E-state index contributed by atoms with van der Waals surface area (Å²) in [6.45, 7) is 5.04. The number of nitrogens with zero attached hydrogens (tertiary/aromatic N) is 7. The number of hydrogen-bond donors (Lipinski definition) is 1. The van der Waals surface area contributed by atoms with E-state index in [0.29, 0.717) is 40.7 Å². The first kappa shape index (κ1) is 23.2. The van der Waals surface area contributed by atoms with Gasteiger partial charge in [0.25, 0.3) is 6.43 Å². The summed E-state index contributed by atoms with van der Waals surface area (Å²) in [4.78, 5) is 16.2. The van der Waals surface area contributed by atoms with Crippen LogP contribution in [0, 0.1) is 6.92 Å². The maximum Gasteiger partial charge on any atom is 0.256 e. The van der Waals surface area contributed by atoms with Gasteiger partial charge in [-0.25, -0.2) is 28.2 Å². The van der Waals surface area contributed by atoms with Gasteiger partial charge in [0.2, 0.25) is 5.95 Å². The number of fused-ring (bicyclic) bond motifs is 2. The maximum absolute atomic E-state index is 13.1. The zero-order chi connectivity index (χ0) is 24.6. The average molecular weight is 497 g/mol. The maximum atomic E-state index is 13.1. The van der Waals surface area contributed by atoms with Crippen LogP contribution in [0.5, 0.6) is 0 Å². The van der Waals surface area contributed by atoms with E-state index in [2.05, 4.69) is 30.3 Å². The molecule has 0 amide bonds. The molecule has 0 radical (unpaired) electrons. The molecule has 1 aliphatic carbocycles. The molecule has 9 nitrogen and oxygen atoms in total. The van der Waals surface area contributed by atoms with E-state index in [1.165, 1.54) is 17.4 Å². The number of pyridine rings is 1. The predicted octanol–water partition coefficient (Wildman–Crippen LogP) is 3.77. The van der Waals surface area contributed by atoms with Gasteiger partial charge in [-0.2, -0.15) is 0 Å². The first-order valence-electron chi connectivity index (χ1n) is 12.6. The Balaban J connectivity index is 1.18. The molecule has 4 aromatic heterocycles. The molecule has 1 saturated carbocycles. The summed E-state index contributed by atoms with van der Waals surface area (Å²) in [5.41, 5.74) is 3.38. The highest BCUT2D eigenvalue weighted by Crippen LogP contribution is 2.28. The molecule has 1 N–H and O–H groups in total. The average Bonchev–Trinajstić information content (AvgIpc) is 3.45. The lowest BCUT2D eigenvalue weighted by atomic mass is 9.90. The molecule has 0 aromatic carbocycles. The van der Waals surface area contributed by atoms with Crippen molar-refractivity contribution in [3.63, 3.8) is 0 Å². The van der Waals surface area contributed by atoms with Crippen LogP contribution in [-0.2, 0) is 11.3 Å². The Bertz CT molecular complexity index is 1360. The minimum Gasteiger partial charge on any atom is -0.379 e. The number of aromatic nitrogens is 6. The standard InChI is InChI=1S/C25H30F2N8O/c1-16-29-21-7-6-20(31-24(21)34(16)15-23(26)27)19-8-9-35-22(19)14-28-25(32-35)30-17-2-4-18(5-3-17)33-10-12-36-13-11-33/h6-9,14,17-18,23H,2-5,10-13,15H2,1H3,(H,30,32). The summed E-state index contributed by atoms with van der Waals surface area (Å²) >= 11 is 0. The molecule has 2 aliphatic rings. The van der Waals surface area contributed by atoms with Gasteiger partial charge in [0.05, 0.1) is 37.2 Å². The van der Waals surface area contributed by atoms with E-state index >= 15 is 0 Å². The van der Waals surface area contributed by atoms with E-state index in [0.717, 1.165) is 50.2 Å². The van der Waals surface area contributed by atoms with Crippen LogP contribution in [-0.4, -0.2) is 78.8 Å². The lowest BCUT2D eigenvalue weighted by Gasteiger charge is -2.38. The SMILES string of the molecule is Cc1nc2ccc(-c3ccn4nc(NC5CCC(N6CCOCC6)CC5)ncc34)nc2n1CC(F)F. The molecular formula is C25H30F2N8O. The van der Waals surface area contributed by atoms with Gasteiger partial charge >= 0.3 is 0 Å². The van der Waals surface area contributed by atoms with Crippen LogP contribution in [0.15, 0.2) is 30.6 Å². The van der Waals surface area contributed by atoms with Gasteiger partial charge in [-0.05, 0) is 50.8 Å². The number of alkyl halides is 2. The minimum absolute atomic E-state index is 0.359. The number of nitrogens with one attached hydrogen (secondary N) is 1. The van der Waals surface area contributed by atoms with E-state index in [1.54, 1.807) is 17.6 Å². The Kier molecular flexibility index (Phi) is 6.26. The van der Waals surface area contributed by atoms with Gasteiger partial charge in [0, 0.05) is 36.9 Å². The lowest BCUT2D eigenvalue weighted by Crippen LogP contribution is -2.46. The molecule has 0 spiro atoms. The number of ether oxygens (including phenoxy) is 1. The second-order valence-electron chi connectivity index (χ2n) is 9.64. The van der Waals surface area contributed by atoms with Gasteiger partial charge in [0.15, 0.2) is 5.65 Å². The third-order valence-corrected chi connectivity index (χ3v) is 7.39. The van der Waals surface area contributed by atoms with Crippen molar-refractivity contribution in [1.82, 2.24) is 34.0 Å².